The number of nitrogens with one attached hydrogen (secondary N) is 1. The summed E-state index contributed by atoms with van der Waals surface area (Å²) in [5, 5.41) is 7.11. The van der Waals surface area contributed by atoms with E-state index in [4.69, 9.17) is 20.9 Å². The average molecular weight is 385 g/mol. The fourth-order valence-corrected chi connectivity index (χ4v) is 2.70. The summed E-state index contributed by atoms with van der Waals surface area (Å²) in [5.41, 5.74) is 2.72. The van der Waals surface area contributed by atoms with E-state index in [2.05, 4.69) is 10.5 Å². The molecule has 1 amide bonds. The van der Waals surface area contributed by atoms with Gasteiger partial charge >= 0.3 is 5.97 Å². The standard InChI is InChI=1S/C20H17ClN2O4/c1-12-8-9-15(21)10-16(12)22-17(24)11-26-20(25)18-13(2)27-23-19(18)14-6-4-3-5-7-14/h3-10H,11H2,1-2H3,(H,22,24). The van der Waals surface area contributed by atoms with Crippen molar-refractivity contribution in [1.82, 2.24) is 5.16 Å². The quantitative estimate of drug-likeness (QED) is 0.659. The highest BCUT2D eigenvalue weighted by atomic mass is 35.5. The average Bonchev–Trinajstić information content (AvgIpc) is 3.05. The Hall–Kier alpha value is -3.12. The molecule has 3 aromatic rings. The lowest BCUT2D eigenvalue weighted by Gasteiger charge is -2.09. The molecule has 0 saturated heterocycles. The number of hydrogen-bond donors (Lipinski definition) is 1. The number of anilines is 1. The molecule has 0 saturated carbocycles. The van der Waals surface area contributed by atoms with Crippen LogP contribution in [0.25, 0.3) is 11.3 Å². The predicted octanol–water partition coefficient (Wildman–Crippen LogP) is 4.41. The van der Waals surface area contributed by atoms with Gasteiger partial charge in [-0.3, -0.25) is 4.79 Å². The molecule has 138 valence electrons. The van der Waals surface area contributed by atoms with E-state index in [-0.39, 0.29) is 5.56 Å². The Morgan fingerprint density at radius 1 is 1.15 bits per heavy atom. The van der Waals surface area contributed by atoms with Crippen molar-refractivity contribution in [2.75, 3.05) is 11.9 Å². The van der Waals surface area contributed by atoms with Crippen molar-refractivity contribution in [3.8, 4) is 11.3 Å². The molecule has 0 aliphatic heterocycles. The molecule has 0 aliphatic rings. The summed E-state index contributed by atoms with van der Waals surface area (Å²) in [6.07, 6.45) is 0. The van der Waals surface area contributed by atoms with Gasteiger partial charge in [0.2, 0.25) is 0 Å². The van der Waals surface area contributed by atoms with Crippen LogP contribution in [-0.4, -0.2) is 23.6 Å². The van der Waals surface area contributed by atoms with Crippen molar-refractivity contribution in [3.63, 3.8) is 0 Å². The van der Waals surface area contributed by atoms with Crippen LogP contribution in [0.1, 0.15) is 21.7 Å². The smallest absolute Gasteiger partial charge is 0.344 e. The van der Waals surface area contributed by atoms with E-state index in [1.54, 1.807) is 25.1 Å². The summed E-state index contributed by atoms with van der Waals surface area (Å²) in [4.78, 5) is 24.6. The van der Waals surface area contributed by atoms with Crippen molar-refractivity contribution in [3.05, 3.63) is 70.4 Å². The molecule has 7 heteroatoms. The topological polar surface area (TPSA) is 81.4 Å². The van der Waals surface area contributed by atoms with Crippen LogP contribution in [-0.2, 0) is 9.53 Å². The minimum Gasteiger partial charge on any atom is -0.452 e. The lowest BCUT2D eigenvalue weighted by atomic mass is 10.1. The van der Waals surface area contributed by atoms with Crippen LogP contribution in [0.15, 0.2) is 53.1 Å². The lowest BCUT2D eigenvalue weighted by molar-refractivity contribution is -0.119. The Kier molecular flexibility index (Phi) is 5.57. The first-order chi connectivity index (χ1) is 13.0. The number of halogens is 1. The van der Waals surface area contributed by atoms with Gasteiger partial charge in [-0.25, -0.2) is 4.79 Å². The largest absolute Gasteiger partial charge is 0.452 e. The zero-order chi connectivity index (χ0) is 19.4. The van der Waals surface area contributed by atoms with Crippen molar-refractivity contribution >= 4 is 29.2 Å². The number of nitrogens with zero attached hydrogens (tertiary/aromatic N) is 1. The first kappa shape index (κ1) is 18.7. The third-order valence-electron chi connectivity index (χ3n) is 3.92. The summed E-state index contributed by atoms with van der Waals surface area (Å²) in [6, 6.07) is 14.3. The molecule has 2 aromatic carbocycles. The Bertz CT molecular complexity index is 983. The van der Waals surface area contributed by atoms with Gasteiger partial charge in [-0.05, 0) is 31.5 Å². The van der Waals surface area contributed by atoms with E-state index in [1.807, 2.05) is 37.3 Å². The number of esters is 1. The monoisotopic (exact) mass is 384 g/mol. The van der Waals surface area contributed by atoms with Crippen LogP contribution in [0, 0.1) is 13.8 Å². The first-order valence-electron chi connectivity index (χ1n) is 8.20. The van der Waals surface area contributed by atoms with Crippen molar-refractivity contribution in [2.24, 2.45) is 0 Å². The molecular formula is C20H17ClN2O4. The van der Waals surface area contributed by atoms with Crippen LogP contribution < -0.4 is 5.32 Å². The summed E-state index contributed by atoms with van der Waals surface area (Å²) in [5.74, 6) is -0.820. The highest BCUT2D eigenvalue weighted by molar-refractivity contribution is 6.31. The van der Waals surface area contributed by atoms with Gasteiger partial charge in [0.05, 0.1) is 0 Å². The third kappa shape index (κ3) is 4.35. The Morgan fingerprint density at radius 2 is 1.89 bits per heavy atom. The zero-order valence-electron chi connectivity index (χ0n) is 14.8. The number of hydrogen-bond acceptors (Lipinski definition) is 5. The first-order valence-corrected chi connectivity index (χ1v) is 8.58. The number of carbonyl (C=O) groups is 2. The number of carbonyl (C=O) groups excluding carboxylic acids is 2. The number of amides is 1. The number of benzene rings is 2. The van der Waals surface area contributed by atoms with Gasteiger partial charge in [-0.15, -0.1) is 0 Å². The second kappa shape index (κ2) is 8.05. The second-order valence-electron chi connectivity index (χ2n) is 5.91. The number of ether oxygens (including phenoxy) is 1. The maximum absolute atomic E-state index is 12.5. The Labute approximate surface area is 161 Å². The lowest BCUT2D eigenvalue weighted by Crippen LogP contribution is -2.21. The predicted molar refractivity (Wildman–Crippen MR) is 102 cm³/mol. The molecule has 1 N–H and O–H groups in total. The van der Waals surface area contributed by atoms with Gasteiger partial charge in [0, 0.05) is 16.3 Å². The van der Waals surface area contributed by atoms with E-state index < -0.39 is 18.5 Å². The van der Waals surface area contributed by atoms with Gasteiger partial charge < -0.3 is 14.6 Å². The van der Waals surface area contributed by atoms with E-state index in [1.165, 1.54) is 0 Å². The molecule has 6 nitrogen and oxygen atoms in total. The van der Waals surface area contributed by atoms with E-state index in [0.717, 1.165) is 11.1 Å². The van der Waals surface area contributed by atoms with Crippen molar-refractivity contribution < 1.29 is 18.8 Å². The molecule has 3 rings (SSSR count). The van der Waals surface area contributed by atoms with Crippen molar-refractivity contribution in [1.29, 1.82) is 0 Å². The maximum Gasteiger partial charge on any atom is 0.344 e. The highest BCUT2D eigenvalue weighted by Gasteiger charge is 2.23. The highest BCUT2D eigenvalue weighted by Crippen LogP contribution is 2.26. The molecule has 0 radical (unpaired) electrons. The minimum absolute atomic E-state index is 0.202. The number of aromatic nitrogens is 1. The van der Waals surface area contributed by atoms with Gasteiger partial charge in [0.1, 0.15) is 17.0 Å². The number of aryl methyl sites for hydroxylation is 2. The van der Waals surface area contributed by atoms with Crippen LogP contribution in [0.3, 0.4) is 0 Å². The fourth-order valence-electron chi connectivity index (χ4n) is 2.52. The Morgan fingerprint density at radius 3 is 2.63 bits per heavy atom. The van der Waals surface area contributed by atoms with E-state index >= 15 is 0 Å². The zero-order valence-corrected chi connectivity index (χ0v) is 15.5. The maximum atomic E-state index is 12.5. The van der Waals surface area contributed by atoms with Crippen molar-refractivity contribution in [2.45, 2.75) is 13.8 Å². The molecule has 1 aromatic heterocycles. The molecule has 0 unspecified atom stereocenters. The molecule has 0 bridgehead atoms. The van der Waals surface area contributed by atoms with E-state index in [0.29, 0.717) is 22.2 Å². The number of rotatable bonds is 5. The van der Waals surface area contributed by atoms with Gasteiger partial charge in [0.15, 0.2) is 6.61 Å². The van der Waals surface area contributed by atoms with Crippen LogP contribution in [0.5, 0.6) is 0 Å². The molecular weight excluding hydrogens is 368 g/mol. The summed E-state index contributed by atoms with van der Waals surface area (Å²) >= 11 is 5.93. The second-order valence-corrected chi connectivity index (χ2v) is 6.35. The molecule has 0 spiro atoms. The third-order valence-corrected chi connectivity index (χ3v) is 4.16. The minimum atomic E-state index is -0.675. The SMILES string of the molecule is Cc1ccc(Cl)cc1NC(=O)COC(=O)c1c(-c2ccccc2)noc1C. The molecule has 0 atom stereocenters. The molecule has 0 fully saturated rings. The fraction of sp³-hybridized carbons (Fsp3) is 0.150. The van der Waals surface area contributed by atoms with Crippen LogP contribution in [0.4, 0.5) is 5.69 Å². The Balaban J connectivity index is 1.69. The molecule has 1 heterocycles. The summed E-state index contributed by atoms with van der Waals surface area (Å²) < 4.78 is 10.3. The molecule has 0 aliphatic carbocycles. The normalized spacial score (nSPS) is 10.5. The van der Waals surface area contributed by atoms with Crippen LogP contribution in [0.2, 0.25) is 5.02 Å². The van der Waals surface area contributed by atoms with Gasteiger partial charge in [-0.1, -0.05) is 53.2 Å². The molecule has 27 heavy (non-hydrogen) atoms. The van der Waals surface area contributed by atoms with Crippen LogP contribution >= 0.6 is 11.6 Å². The van der Waals surface area contributed by atoms with Gasteiger partial charge in [-0.2, -0.15) is 0 Å². The van der Waals surface area contributed by atoms with Gasteiger partial charge in [0.25, 0.3) is 5.91 Å². The van der Waals surface area contributed by atoms with E-state index in [9.17, 15) is 9.59 Å². The summed E-state index contributed by atoms with van der Waals surface area (Å²) in [7, 11) is 0. The summed E-state index contributed by atoms with van der Waals surface area (Å²) in [6.45, 7) is 3.01.